The minimum absolute atomic E-state index is 0.0682. The fourth-order valence-electron chi connectivity index (χ4n) is 13.1. The molecule has 0 radical (unpaired) electrons. The van der Waals surface area contributed by atoms with Gasteiger partial charge < -0.3 is 19.4 Å². The topological polar surface area (TPSA) is 218 Å². The van der Waals surface area contributed by atoms with Crippen molar-refractivity contribution < 1.29 is 4.39 Å². The van der Waals surface area contributed by atoms with Gasteiger partial charge in [-0.2, -0.15) is 0 Å². The smallest absolute Gasteiger partial charge is 0.298 e. The highest BCUT2D eigenvalue weighted by molar-refractivity contribution is 5.84. The van der Waals surface area contributed by atoms with Gasteiger partial charge in [-0.1, -0.05) is 278 Å². The number of hydrogen-bond donors (Lipinski definition) is 4. The first-order valence-corrected chi connectivity index (χ1v) is 33.8. The summed E-state index contributed by atoms with van der Waals surface area (Å²) in [7, 11) is 0. The highest BCUT2D eigenvalue weighted by Gasteiger charge is 2.28. The molecule has 0 aliphatic rings. The summed E-state index contributed by atoms with van der Waals surface area (Å²) in [5, 5.41) is 12.9. The van der Waals surface area contributed by atoms with Gasteiger partial charge in [0.25, 0.3) is 67.6 Å². The molecule has 0 saturated heterocycles. The van der Waals surface area contributed by atoms with Crippen LogP contribution in [0.4, 0.5) is 27.7 Å². The maximum absolute atomic E-state index is 14.2. The normalized spacial score (nSPS) is 10.8. The lowest BCUT2D eigenvalue weighted by Crippen LogP contribution is -2.15. The van der Waals surface area contributed by atoms with E-state index < -0.39 is 11.2 Å². The van der Waals surface area contributed by atoms with Gasteiger partial charge in [-0.25, -0.2) is 22.5 Å². The number of nitrogens with zero attached hydrogens (tertiary/aromatic N) is 12. The Balaban J connectivity index is 0.000000125. The van der Waals surface area contributed by atoms with Gasteiger partial charge in [-0.15, -0.1) is 0 Å². The Kier molecular flexibility index (Phi) is 19.7. The Morgan fingerprint density at radius 1 is 0.330 bits per heavy atom. The van der Waals surface area contributed by atoms with Crippen LogP contribution in [0.2, 0.25) is 0 Å². The quantitative estimate of drug-likeness (QED) is 0.0963. The lowest BCUT2D eigenvalue weighted by atomic mass is 10.0. The summed E-state index contributed by atoms with van der Waals surface area (Å²) in [4.78, 5) is 84.0. The summed E-state index contributed by atoms with van der Waals surface area (Å²) in [6.45, 7) is 43.4. The van der Waals surface area contributed by atoms with Crippen molar-refractivity contribution in [1.82, 2.24) is 58.4 Å². The number of nitrogens with one attached hydrogen (secondary N) is 4. The molecule has 20 nitrogen and oxygen atoms in total. The van der Waals surface area contributed by atoms with Crippen molar-refractivity contribution >= 4 is 45.9 Å². The number of imidazole rings is 4. The lowest BCUT2D eigenvalue weighted by molar-refractivity contribution is 0.631. The van der Waals surface area contributed by atoms with Crippen LogP contribution in [0.5, 0.6) is 0 Å². The molecule has 0 unspecified atom stereocenters. The molecule has 516 valence electrons. The van der Waals surface area contributed by atoms with Crippen molar-refractivity contribution in [2.24, 2.45) is 0 Å². The van der Waals surface area contributed by atoms with Gasteiger partial charge in [0.1, 0.15) is 28.6 Å². The second kappa shape index (κ2) is 29.9. The molecule has 106 heavy (non-hydrogen) atoms. The van der Waals surface area contributed by atoms with E-state index in [-0.39, 0.29) is 73.3 Å². The predicted octanol–water partition coefficient (Wildman–Crippen LogP) is 18.4. The number of H-pyrrole nitrogens is 4. The first-order chi connectivity index (χ1) is 51.5. The van der Waals surface area contributed by atoms with Crippen LogP contribution in [0.3, 0.4) is 0 Å². The van der Waals surface area contributed by atoms with Crippen LogP contribution in [0.15, 0.2) is 238 Å². The highest BCUT2D eigenvalue weighted by Crippen LogP contribution is 2.36. The van der Waals surface area contributed by atoms with E-state index in [9.17, 15) is 23.6 Å². The first kappa shape index (κ1) is 69.8. The van der Waals surface area contributed by atoms with E-state index in [1.54, 1.807) is 38.7 Å². The van der Waals surface area contributed by atoms with Crippen molar-refractivity contribution in [3.05, 3.63) is 350 Å². The monoisotopic (exact) mass is 1390 g/mol. The third kappa shape index (κ3) is 13.1. The van der Waals surface area contributed by atoms with Crippen LogP contribution in [0.1, 0.15) is 53.3 Å². The molecular formula is C85H65FN16O4. The van der Waals surface area contributed by atoms with Crippen molar-refractivity contribution in [3.63, 3.8) is 0 Å². The first-order valence-electron chi connectivity index (χ1n) is 33.8. The number of hydrogen-bond acceptors (Lipinski definition) is 8. The third-order valence-corrected chi connectivity index (χ3v) is 18.1. The van der Waals surface area contributed by atoms with E-state index >= 15 is 0 Å². The zero-order chi connectivity index (χ0) is 74.4. The largest absolute Gasteiger partial charge is 0.359 e. The van der Waals surface area contributed by atoms with E-state index in [0.29, 0.717) is 45.2 Å². The number of benzene rings is 8. The summed E-state index contributed by atoms with van der Waals surface area (Å²) in [5.74, 6) is 0.284. The molecule has 16 rings (SSSR count). The number of aryl methyl sites for hydroxylation is 7. The number of halogens is 1. The minimum Gasteiger partial charge on any atom is -0.359 e. The Bertz CT molecular complexity index is 6510. The molecule has 8 heterocycles. The van der Waals surface area contributed by atoms with Gasteiger partial charge in [-0.05, 0) is 104 Å². The zero-order valence-corrected chi connectivity index (χ0v) is 58.6. The van der Waals surface area contributed by atoms with Crippen molar-refractivity contribution in [3.8, 4) is 89.5 Å². The molecule has 0 saturated carbocycles. The standard InChI is InChI=1S/2C22H18N4O.C21H16N4O.C20H13FN4O/c1-4-15-9-8-12-17(13-15)18-14(2)25-26-19(16-10-6-5-7-11-16)21(23-3)24-22(26)20(18)27;1-4-15-10-12-16(13-11-15)18-14(2)25-26-19(17-8-6-5-7-9-17)21(23-3)24-22(26)20(18)27;1-13-8-7-11-16(12-13)17-14(2)24-25-18(15-9-5-4-6-10-15)20(22-3)23-21(25)19(17)26;1-12-16(14-10-6-7-11-15(14)21)18(26)20-23-19(22-2)17(25(20)24-12)13-8-4-3-5-9-13/h2*5-13,25H,4H2,1-2H3;4-12,24H,1-2H3;3-11,24H,1H3. The molecule has 8 aromatic heterocycles. The van der Waals surface area contributed by atoms with Crippen LogP contribution in [-0.2, 0) is 12.8 Å². The average Bonchev–Trinajstić information content (AvgIpc) is 1.60. The van der Waals surface area contributed by atoms with Gasteiger partial charge in [0.05, 0.1) is 22.3 Å². The van der Waals surface area contributed by atoms with E-state index in [2.05, 4.69) is 73.6 Å². The van der Waals surface area contributed by atoms with Crippen LogP contribution in [-0.4, -0.2) is 58.4 Å². The summed E-state index contributed by atoms with van der Waals surface area (Å²) in [5.41, 5.74) is 16.4. The molecule has 0 aliphatic carbocycles. The van der Waals surface area contributed by atoms with Crippen LogP contribution >= 0.6 is 0 Å². The molecule has 21 heteroatoms. The molecule has 0 aliphatic heterocycles. The average molecular weight is 1390 g/mol. The molecule has 0 spiro atoms. The second-order valence-electron chi connectivity index (χ2n) is 24.9. The van der Waals surface area contributed by atoms with Gasteiger partial charge in [-0.3, -0.25) is 39.6 Å². The zero-order valence-electron chi connectivity index (χ0n) is 58.6. The molecule has 16 aromatic rings. The third-order valence-electron chi connectivity index (χ3n) is 18.1. The summed E-state index contributed by atoms with van der Waals surface area (Å²) in [6, 6.07) is 67.7. The number of aromatic nitrogens is 12. The number of fused-ring (bicyclic) bond motifs is 4. The molecule has 0 atom stereocenters. The summed E-state index contributed by atoms with van der Waals surface area (Å²) in [6.07, 6.45) is 1.85. The second-order valence-corrected chi connectivity index (χ2v) is 24.9. The van der Waals surface area contributed by atoms with E-state index in [1.165, 1.54) is 21.7 Å². The summed E-state index contributed by atoms with van der Waals surface area (Å²) >= 11 is 0. The fourth-order valence-corrected chi connectivity index (χ4v) is 13.1. The molecule has 0 fully saturated rings. The Morgan fingerprint density at radius 2 is 0.632 bits per heavy atom. The van der Waals surface area contributed by atoms with Crippen molar-refractivity contribution in [2.75, 3.05) is 0 Å². The minimum atomic E-state index is -0.481. The molecular weight excluding hydrogens is 1330 g/mol. The lowest BCUT2D eigenvalue weighted by Gasteiger charge is -2.09. The van der Waals surface area contributed by atoms with Crippen molar-refractivity contribution in [2.45, 2.75) is 61.3 Å². The van der Waals surface area contributed by atoms with Crippen LogP contribution in [0.25, 0.3) is 132 Å². The van der Waals surface area contributed by atoms with Gasteiger partial charge >= 0.3 is 0 Å². The van der Waals surface area contributed by atoms with Gasteiger partial charge in [0.2, 0.25) is 0 Å². The predicted molar refractivity (Wildman–Crippen MR) is 414 cm³/mol. The van der Waals surface area contributed by atoms with Crippen molar-refractivity contribution in [1.29, 1.82) is 0 Å². The van der Waals surface area contributed by atoms with Gasteiger partial charge in [0, 0.05) is 28.3 Å². The SMILES string of the molecule is [C-]#[N+]c1nc2c(=O)c(-c3ccc(CC)cc3)c(C)[nH]n2c1-c1ccccc1.[C-]#[N+]c1nc2c(=O)c(-c3cccc(C)c3)c(C)[nH]n2c1-c1ccccc1.[C-]#[N+]c1nc2c(=O)c(-c3cccc(CC)c3)c(C)[nH]n2c1-c1ccccc1.[C-]#[N+]c1nc2c(=O)c(-c3ccccc3F)c(C)[nH]n2c1-c1ccccc1. The molecule has 0 amide bonds. The molecule has 4 N–H and O–H groups in total. The Labute approximate surface area is 606 Å². The maximum Gasteiger partial charge on any atom is 0.298 e. The van der Waals surface area contributed by atoms with Gasteiger partial charge in [0.15, 0.2) is 0 Å². The van der Waals surface area contributed by atoms with E-state index in [4.69, 9.17) is 26.3 Å². The molecule has 0 bridgehead atoms. The maximum atomic E-state index is 14.2. The summed E-state index contributed by atoms with van der Waals surface area (Å²) < 4.78 is 20.6. The number of rotatable bonds is 10. The Morgan fingerprint density at radius 3 is 0.972 bits per heavy atom. The van der Waals surface area contributed by atoms with E-state index in [0.717, 1.165) is 74.4 Å². The van der Waals surface area contributed by atoms with Crippen LogP contribution in [0, 0.1) is 66.7 Å². The molecule has 8 aromatic carbocycles. The fraction of sp³-hybridized carbons (Fsp3) is 0.106. The van der Waals surface area contributed by atoms with E-state index in [1.807, 2.05) is 222 Å². The highest BCUT2D eigenvalue weighted by atomic mass is 19.1. The number of aromatic amines is 4. The van der Waals surface area contributed by atoms with Crippen LogP contribution < -0.4 is 21.7 Å². The Hall–Kier alpha value is -14.7.